The first-order valence-corrected chi connectivity index (χ1v) is 5.89. The van der Waals surface area contributed by atoms with Crippen molar-refractivity contribution in [1.82, 2.24) is 5.32 Å². The fourth-order valence-electron chi connectivity index (χ4n) is 1.54. The van der Waals surface area contributed by atoms with Crippen molar-refractivity contribution in [3.05, 3.63) is 39.9 Å². The monoisotopic (exact) mass is 276 g/mol. The molecule has 106 valence electrons. The second-order valence-corrected chi connectivity index (χ2v) is 4.17. The van der Waals surface area contributed by atoms with E-state index in [1.165, 1.54) is 12.1 Å². The van der Waals surface area contributed by atoms with Crippen LogP contribution in [0.4, 0.5) is 18.9 Å². The Bertz CT molecular complexity index is 404. The topological polar surface area (TPSA) is 55.2 Å². The van der Waals surface area contributed by atoms with Crippen LogP contribution in [0.3, 0.4) is 0 Å². The van der Waals surface area contributed by atoms with Gasteiger partial charge in [0.05, 0.1) is 4.92 Å². The highest BCUT2D eigenvalue weighted by molar-refractivity contribution is 5.32. The third-order valence-electron chi connectivity index (χ3n) is 2.54. The molecule has 4 nitrogen and oxygen atoms in total. The van der Waals surface area contributed by atoms with Crippen molar-refractivity contribution in [1.29, 1.82) is 0 Å². The van der Waals surface area contributed by atoms with Gasteiger partial charge in [-0.2, -0.15) is 13.2 Å². The van der Waals surface area contributed by atoms with E-state index in [4.69, 9.17) is 0 Å². The van der Waals surface area contributed by atoms with Gasteiger partial charge in [-0.05, 0) is 24.9 Å². The molecule has 0 aromatic heterocycles. The quantitative estimate of drug-likeness (QED) is 0.471. The van der Waals surface area contributed by atoms with Crippen LogP contribution in [-0.4, -0.2) is 17.6 Å². The predicted octanol–water partition coefficient (Wildman–Crippen LogP) is 3.42. The minimum Gasteiger partial charge on any atom is -0.313 e. The molecule has 0 saturated carbocycles. The summed E-state index contributed by atoms with van der Waals surface area (Å²) >= 11 is 0. The zero-order chi connectivity index (χ0) is 14.3. The van der Waals surface area contributed by atoms with Gasteiger partial charge < -0.3 is 5.32 Å². The van der Waals surface area contributed by atoms with Crippen LogP contribution < -0.4 is 5.32 Å². The molecule has 0 unspecified atom stereocenters. The van der Waals surface area contributed by atoms with Crippen molar-refractivity contribution < 1.29 is 18.1 Å². The number of nitrogens with zero attached hydrogens (tertiary/aromatic N) is 1. The molecule has 0 aliphatic rings. The molecule has 0 aliphatic carbocycles. The Morgan fingerprint density at radius 1 is 1.16 bits per heavy atom. The Hall–Kier alpha value is -1.63. The van der Waals surface area contributed by atoms with Gasteiger partial charge in [0.25, 0.3) is 5.69 Å². The van der Waals surface area contributed by atoms with E-state index in [1.807, 2.05) is 0 Å². The summed E-state index contributed by atoms with van der Waals surface area (Å²) in [6.45, 7) is 0.983. The Labute approximate surface area is 108 Å². The maximum Gasteiger partial charge on any atom is 0.389 e. The number of hydrogen-bond acceptors (Lipinski definition) is 3. The molecule has 1 N–H and O–H groups in total. The molecule has 0 bridgehead atoms. The highest BCUT2D eigenvalue weighted by Crippen LogP contribution is 2.21. The highest BCUT2D eigenvalue weighted by atomic mass is 19.4. The molecule has 0 saturated heterocycles. The minimum atomic E-state index is -4.08. The zero-order valence-electron chi connectivity index (χ0n) is 10.2. The number of alkyl halides is 3. The van der Waals surface area contributed by atoms with Crippen LogP contribution in [0.2, 0.25) is 0 Å². The molecule has 1 aromatic carbocycles. The Morgan fingerprint density at radius 3 is 2.32 bits per heavy atom. The first-order valence-electron chi connectivity index (χ1n) is 5.89. The fourth-order valence-corrected chi connectivity index (χ4v) is 1.54. The van der Waals surface area contributed by atoms with Crippen LogP contribution in [0.25, 0.3) is 0 Å². The Kier molecular flexibility index (Phi) is 5.75. The SMILES string of the molecule is O=[N+]([O-])c1ccc(CNCCCCC(F)(F)F)cc1. The summed E-state index contributed by atoms with van der Waals surface area (Å²) < 4.78 is 35.6. The van der Waals surface area contributed by atoms with Gasteiger partial charge in [0, 0.05) is 25.1 Å². The number of non-ortho nitro benzene ring substituents is 1. The molecule has 7 heteroatoms. The van der Waals surface area contributed by atoms with E-state index in [0.717, 1.165) is 5.56 Å². The number of halogens is 3. The lowest BCUT2D eigenvalue weighted by molar-refractivity contribution is -0.384. The van der Waals surface area contributed by atoms with Crippen LogP contribution >= 0.6 is 0 Å². The number of nitro benzene ring substituents is 1. The van der Waals surface area contributed by atoms with Crippen LogP contribution in [0.1, 0.15) is 24.8 Å². The van der Waals surface area contributed by atoms with E-state index in [1.54, 1.807) is 12.1 Å². The van der Waals surface area contributed by atoms with Crippen LogP contribution in [-0.2, 0) is 6.54 Å². The van der Waals surface area contributed by atoms with Gasteiger partial charge in [0.1, 0.15) is 0 Å². The van der Waals surface area contributed by atoms with Crippen LogP contribution in [0.5, 0.6) is 0 Å². The third kappa shape index (κ3) is 6.76. The number of rotatable bonds is 7. The molecule has 0 heterocycles. The number of unbranched alkanes of at least 4 members (excludes halogenated alkanes) is 1. The van der Waals surface area contributed by atoms with E-state index in [2.05, 4.69) is 5.32 Å². The molecule has 0 atom stereocenters. The molecule has 0 radical (unpaired) electrons. The Balaban J connectivity index is 2.17. The van der Waals surface area contributed by atoms with Crippen molar-refractivity contribution in [2.24, 2.45) is 0 Å². The molecule has 19 heavy (non-hydrogen) atoms. The first-order chi connectivity index (χ1) is 8.88. The lowest BCUT2D eigenvalue weighted by Gasteiger charge is -2.07. The lowest BCUT2D eigenvalue weighted by Crippen LogP contribution is -2.15. The smallest absolute Gasteiger partial charge is 0.313 e. The van der Waals surface area contributed by atoms with Crippen molar-refractivity contribution in [2.45, 2.75) is 32.0 Å². The minimum absolute atomic E-state index is 0.0222. The fraction of sp³-hybridized carbons (Fsp3) is 0.500. The number of benzene rings is 1. The van der Waals surface area contributed by atoms with Crippen LogP contribution in [0, 0.1) is 10.1 Å². The summed E-state index contributed by atoms with van der Waals surface area (Å²) in [4.78, 5) is 9.95. The van der Waals surface area contributed by atoms with Gasteiger partial charge in [-0.1, -0.05) is 12.1 Å². The molecule has 1 aromatic rings. The lowest BCUT2D eigenvalue weighted by atomic mass is 10.2. The highest BCUT2D eigenvalue weighted by Gasteiger charge is 2.25. The molecule has 1 rings (SSSR count). The van der Waals surface area contributed by atoms with E-state index < -0.39 is 17.5 Å². The second kappa shape index (κ2) is 7.08. The number of nitrogens with one attached hydrogen (secondary N) is 1. The summed E-state index contributed by atoms with van der Waals surface area (Å²) in [5, 5.41) is 13.4. The van der Waals surface area contributed by atoms with Crippen LogP contribution in [0.15, 0.2) is 24.3 Å². The predicted molar refractivity (Wildman–Crippen MR) is 64.7 cm³/mol. The largest absolute Gasteiger partial charge is 0.389 e. The van der Waals surface area contributed by atoms with E-state index in [9.17, 15) is 23.3 Å². The standard InChI is InChI=1S/C12H15F3N2O2/c13-12(14,15)7-1-2-8-16-9-10-3-5-11(6-4-10)17(18)19/h3-6,16H,1-2,7-9H2. The molecule has 0 spiro atoms. The number of hydrogen-bond donors (Lipinski definition) is 1. The van der Waals surface area contributed by atoms with Crippen molar-refractivity contribution in [3.63, 3.8) is 0 Å². The summed E-state index contributed by atoms with van der Waals surface area (Å²) in [7, 11) is 0. The zero-order valence-corrected chi connectivity index (χ0v) is 10.2. The van der Waals surface area contributed by atoms with E-state index in [-0.39, 0.29) is 12.1 Å². The average molecular weight is 276 g/mol. The van der Waals surface area contributed by atoms with Crippen molar-refractivity contribution >= 4 is 5.69 Å². The summed E-state index contributed by atoms with van der Waals surface area (Å²) in [6, 6.07) is 6.06. The van der Waals surface area contributed by atoms with Crippen molar-refractivity contribution in [2.75, 3.05) is 6.54 Å². The molecular weight excluding hydrogens is 261 g/mol. The average Bonchev–Trinajstić information content (AvgIpc) is 2.33. The van der Waals surface area contributed by atoms with E-state index in [0.29, 0.717) is 19.5 Å². The van der Waals surface area contributed by atoms with Gasteiger partial charge in [-0.15, -0.1) is 0 Å². The second-order valence-electron chi connectivity index (χ2n) is 4.17. The van der Waals surface area contributed by atoms with Gasteiger partial charge in [0.2, 0.25) is 0 Å². The summed E-state index contributed by atoms with van der Waals surface area (Å²) in [5.41, 5.74) is 0.885. The molecule has 0 aliphatic heterocycles. The number of nitro groups is 1. The summed E-state index contributed by atoms with van der Waals surface area (Å²) in [6.07, 6.45) is -4.28. The Morgan fingerprint density at radius 2 is 1.79 bits per heavy atom. The molecular formula is C12H15F3N2O2. The van der Waals surface area contributed by atoms with E-state index >= 15 is 0 Å². The normalized spacial score (nSPS) is 11.5. The van der Waals surface area contributed by atoms with Gasteiger partial charge >= 0.3 is 6.18 Å². The maximum atomic E-state index is 11.9. The van der Waals surface area contributed by atoms with Gasteiger partial charge in [-0.25, -0.2) is 0 Å². The van der Waals surface area contributed by atoms with Gasteiger partial charge in [0.15, 0.2) is 0 Å². The maximum absolute atomic E-state index is 11.9. The van der Waals surface area contributed by atoms with Crippen molar-refractivity contribution in [3.8, 4) is 0 Å². The first kappa shape index (κ1) is 15.4. The van der Waals surface area contributed by atoms with Gasteiger partial charge in [-0.3, -0.25) is 10.1 Å². The molecule has 0 fully saturated rings. The molecule has 0 amide bonds. The summed E-state index contributed by atoms with van der Waals surface area (Å²) in [5.74, 6) is 0. The third-order valence-corrected chi connectivity index (χ3v) is 2.54.